The van der Waals surface area contributed by atoms with E-state index in [1.165, 1.54) is 0 Å². The number of hydrogen-bond donors (Lipinski definition) is 1. The Labute approximate surface area is 135 Å². The van der Waals surface area contributed by atoms with Gasteiger partial charge < -0.3 is 17.9 Å². The Balaban J connectivity index is 0.00000112. The van der Waals surface area contributed by atoms with E-state index in [0.717, 1.165) is 10.5 Å². The molecule has 2 aromatic rings. The zero-order valence-corrected chi connectivity index (χ0v) is 12.6. The Hall–Kier alpha value is 0.731. The summed E-state index contributed by atoms with van der Waals surface area (Å²) < 4.78 is 37.8. The molecule has 74 valence electrons. The van der Waals surface area contributed by atoms with Crippen molar-refractivity contribution in [1.82, 2.24) is 4.98 Å². The van der Waals surface area contributed by atoms with Gasteiger partial charge in [0.15, 0.2) is 0 Å². The molecule has 1 nitrogen and oxygen atoms in total. The van der Waals surface area contributed by atoms with E-state index in [4.69, 9.17) is 0 Å². The van der Waals surface area contributed by atoms with E-state index in [2.05, 4.69) is 20.9 Å². The summed E-state index contributed by atoms with van der Waals surface area (Å²) in [6.45, 7) is -4.94. The summed E-state index contributed by atoms with van der Waals surface area (Å²) in [5.41, 5.74) is -0.152. The third-order valence-electron chi connectivity index (χ3n) is 1.96. The van der Waals surface area contributed by atoms with E-state index < -0.39 is 12.6 Å². The number of fused-ring (bicyclic) bond motifs is 1. The van der Waals surface area contributed by atoms with Gasteiger partial charge in [-0.15, -0.1) is 0 Å². The van der Waals surface area contributed by atoms with Gasteiger partial charge in [0.1, 0.15) is 0 Å². The summed E-state index contributed by atoms with van der Waals surface area (Å²) in [5.74, 6) is 0. The summed E-state index contributed by atoms with van der Waals surface area (Å²) >= 11 is 3.20. The maximum Gasteiger partial charge on any atom is 1.00 e. The summed E-state index contributed by atoms with van der Waals surface area (Å²) in [6.07, 6.45) is 0. The number of aromatic amines is 1. The molecule has 0 aliphatic carbocycles. The van der Waals surface area contributed by atoms with E-state index in [9.17, 15) is 12.9 Å². The minimum atomic E-state index is -4.94. The normalized spacial score (nSPS) is 11.5. The minimum Gasteiger partial charge on any atom is -0.444 e. The van der Waals surface area contributed by atoms with Crippen LogP contribution >= 0.6 is 15.9 Å². The van der Waals surface area contributed by atoms with E-state index >= 15 is 0 Å². The van der Waals surface area contributed by atoms with Crippen molar-refractivity contribution in [3.63, 3.8) is 0 Å². The van der Waals surface area contributed by atoms with Crippen molar-refractivity contribution in [3.05, 3.63) is 28.7 Å². The maximum atomic E-state index is 12.3. The molecule has 2 rings (SSSR count). The zero-order chi connectivity index (χ0) is 10.3. The topological polar surface area (TPSA) is 15.8 Å². The number of nitrogens with one attached hydrogen (secondary N) is 1. The molecule has 0 aliphatic heterocycles. The molecule has 1 aromatic heterocycles. The van der Waals surface area contributed by atoms with Crippen LogP contribution in [0.15, 0.2) is 28.7 Å². The molecule has 0 fully saturated rings. The van der Waals surface area contributed by atoms with Crippen molar-refractivity contribution in [2.45, 2.75) is 0 Å². The first-order chi connectivity index (χ1) is 6.47. The molecular formula is C8H5BBrF3KN. The quantitative estimate of drug-likeness (QED) is 0.713. The van der Waals surface area contributed by atoms with Crippen LogP contribution in [-0.2, 0) is 0 Å². The Morgan fingerprint density at radius 1 is 1.13 bits per heavy atom. The van der Waals surface area contributed by atoms with Crippen LogP contribution in [0.1, 0.15) is 0 Å². The number of halogens is 4. The predicted molar refractivity (Wildman–Crippen MR) is 54.7 cm³/mol. The molecule has 0 atom stereocenters. The Bertz CT molecular complexity index is 482. The molecule has 1 N–H and O–H groups in total. The SMILES string of the molecule is F[B-](F)(F)c1cc2cc(Br)ccc2[nH]1.[K+]. The molecule has 0 radical (unpaired) electrons. The van der Waals surface area contributed by atoms with Crippen LogP contribution in [0.5, 0.6) is 0 Å². The fourth-order valence-corrected chi connectivity index (χ4v) is 1.68. The Morgan fingerprint density at radius 2 is 1.80 bits per heavy atom. The Morgan fingerprint density at radius 3 is 2.40 bits per heavy atom. The van der Waals surface area contributed by atoms with E-state index in [1.807, 2.05) is 0 Å². The van der Waals surface area contributed by atoms with Crippen molar-refractivity contribution in [3.8, 4) is 0 Å². The van der Waals surface area contributed by atoms with Gasteiger partial charge in [-0.2, -0.15) is 0 Å². The van der Waals surface area contributed by atoms with Crippen LogP contribution < -0.4 is 57.0 Å². The van der Waals surface area contributed by atoms with Crippen LogP contribution in [0.3, 0.4) is 0 Å². The average molecular weight is 302 g/mol. The van der Waals surface area contributed by atoms with Gasteiger partial charge in [-0.1, -0.05) is 22.0 Å². The number of benzene rings is 1. The standard InChI is InChI=1S/C8H5BBrF3N.K/c10-6-1-2-7-5(3-6)4-8(14-7)9(11,12)13;/h1-4,14H;/q-1;+1. The maximum absolute atomic E-state index is 12.3. The first-order valence-corrected chi connectivity index (χ1v) is 4.74. The molecule has 0 saturated carbocycles. The van der Waals surface area contributed by atoms with E-state index in [1.54, 1.807) is 18.2 Å². The van der Waals surface area contributed by atoms with Gasteiger partial charge in [0.05, 0.1) is 0 Å². The van der Waals surface area contributed by atoms with Gasteiger partial charge in [-0.25, -0.2) is 0 Å². The summed E-state index contributed by atoms with van der Waals surface area (Å²) in [4.78, 5) is 2.34. The largest absolute Gasteiger partial charge is 1.00 e. The molecule has 0 bridgehead atoms. The molecule has 0 aliphatic rings. The van der Waals surface area contributed by atoms with Crippen molar-refractivity contribution < 1.29 is 64.3 Å². The van der Waals surface area contributed by atoms with Crippen molar-refractivity contribution in [2.24, 2.45) is 0 Å². The van der Waals surface area contributed by atoms with Gasteiger partial charge >= 0.3 is 58.4 Å². The average Bonchev–Trinajstić information content (AvgIpc) is 2.45. The smallest absolute Gasteiger partial charge is 0.444 e. The van der Waals surface area contributed by atoms with E-state index in [-0.39, 0.29) is 51.4 Å². The fourth-order valence-electron chi connectivity index (χ4n) is 1.30. The molecular weight excluding hydrogens is 297 g/mol. The van der Waals surface area contributed by atoms with Crippen LogP contribution in [-0.4, -0.2) is 12.0 Å². The van der Waals surface area contributed by atoms with Crippen LogP contribution in [0, 0.1) is 0 Å². The van der Waals surface area contributed by atoms with Crippen LogP contribution in [0.2, 0.25) is 0 Å². The molecule has 7 heteroatoms. The first-order valence-electron chi connectivity index (χ1n) is 3.95. The molecule has 0 unspecified atom stereocenters. The second-order valence-electron chi connectivity index (χ2n) is 3.03. The second kappa shape index (κ2) is 4.93. The summed E-state index contributed by atoms with van der Waals surface area (Å²) in [7, 11) is 0. The van der Waals surface area contributed by atoms with Crippen molar-refractivity contribution in [2.75, 3.05) is 0 Å². The third-order valence-corrected chi connectivity index (χ3v) is 2.45. The van der Waals surface area contributed by atoms with Crippen molar-refractivity contribution >= 4 is 39.4 Å². The van der Waals surface area contributed by atoms with Gasteiger partial charge in [-0.05, 0) is 29.2 Å². The first kappa shape index (κ1) is 13.8. The minimum absolute atomic E-state index is 0. The predicted octanol–water partition coefficient (Wildman–Crippen LogP) is -0.0112. The molecule has 15 heavy (non-hydrogen) atoms. The zero-order valence-electron chi connectivity index (χ0n) is 7.90. The van der Waals surface area contributed by atoms with Gasteiger partial charge in [0.2, 0.25) is 0 Å². The van der Waals surface area contributed by atoms with Crippen LogP contribution in [0.4, 0.5) is 12.9 Å². The molecule has 0 spiro atoms. The molecule has 1 aromatic carbocycles. The summed E-state index contributed by atoms with van der Waals surface area (Å²) in [5, 5.41) is 0.563. The van der Waals surface area contributed by atoms with Crippen molar-refractivity contribution in [1.29, 1.82) is 0 Å². The number of hydrogen-bond acceptors (Lipinski definition) is 0. The number of H-pyrrole nitrogens is 1. The Kier molecular flexibility index (Phi) is 4.54. The summed E-state index contributed by atoms with van der Waals surface area (Å²) in [6, 6.07) is 6.09. The van der Waals surface area contributed by atoms with Gasteiger partial charge in [0.25, 0.3) is 0 Å². The number of aromatic nitrogens is 1. The number of rotatable bonds is 1. The van der Waals surface area contributed by atoms with Gasteiger partial charge in [0, 0.05) is 9.99 Å². The van der Waals surface area contributed by atoms with Crippen LogP contribution in [0.25, 0.3) is 10.9 Å². The fraction of sp³-hybridized carbons (Fsp3) is 0. The molecule has 0 saturated heterocycles. The van der Waals surface area contributed by atoms with E-state index in [0.29, 0.717) is 10.9 Å². The monoisotopic (exact) mass is 301 g/mol. The molecule has 0 amide bonds. The molecule has 1 heterocycles. The second-order valence-corrected chi connectivity index (χ2v) is 3.95. The third kappa shape index (κ3) is 3.10. The van der Waals surface area contributed by atoms with Gasteiger partial charge in [-0.3, -0.25) is 0 Å².